The first-order chi connectivity index (χ1) is 8.42. The minimum atomic E-state index is 0.0565. The lowest BCUT2D eigenvalue weighted by Gasteiger charge is -2.37. The zero-order chi connectivity index (χ0) is 13.3. The molecular weight excluding hydrogens is 267 g/mol. The van der Waals surface area contributed by atoms with Gasteiger partial charge >= 0.3 is 0 Å². The highest BCUT2D eigenvalue weighted by Gasteiger charge is 2.37. The van der Waals surface area contributed by atoms with E-state index in [-0.39, 0.29) is 17.1 Å². The maximum absolute atomic E-state index is 12.6. The van der Waals surface area contributed by atoms with E-state index in [9.17, 15) is 4.79 Å². The highest BCUT2D eigenvalue weighted by Crippen LogP contribution is 2.43. The summed E-state index contributed by atoms with van der Waals surface area (Å²) in [5, 5.41) is 1.07. The van der Waals surface area contributed by atoms with Crippen LogP contribution >= 0.6 is 23.2 Å². The summed E-state index contributed by atoms with van der Waals surface area (Å²) in [6.45, 7) is 4.35. The summed E-state index contributed by atoms with van der Waals surface area (Å²) in [5.74, 6) is 0.203. The Morgan fingerprint density at radius 3 is 2.67 bits per heavy atom. The number of Topliss-reactive ketones (excluding diaryl/α,β-unsaturated/α-hetero) is 1. The molecule has 1 fully saturated rings. The molecular formula is C15H18Cl2O. The van der Waals surface area contributed by atoms with Gasteiger partial charge in [0.05, 0.1) is 5.02 Å². The van der Waals surface area contributed by atoms with Gasteiger partial charge in [-0.1, -0.05) is 49.9 Å². The van der Waals surface area contributed by atoms with Crippen molar-refractivity contribution in [2.24, 2.45) is 11.3 Å². The number of hydrogen-bond acceptors (Lipinski definition) is 1. The topological polar surface area (TPSA) is 17.1 Å². The smallest absolute Gasteiger partial charge is 0.168 e. The summed E-state index contributed by atoms with van der Waals surface area (Å²) in [6.07, 6.45) is 4.38. The predicted octanol–water partition coefficient (Wildman–Crippen LogP) is 5.39. The first-order valence-electron chi connectivity index (χ1n) is 6.41. The van der Waals surface area contributed by atoms with Gasteiger partial charge in [-0.25, -0.2) is 0 Å². The molecule has 0 bridgehead atoms. The fraction of sp³-hybridized carbons (Fsp3) is 0.533. The summed E-state index contributed by atoms with van der Waals surface area (Å²) in [5.41, 5.74) is 0.630. The van der Waals surface area contributed by atoms with Crippen molar-refractivity contribution in [2.45, 2.75) is 39.5 Å². The second-order valence-electron chi connectivity index (χ2n) is 5.78. The first kappa shape index (κ1) is 13.9. The third-order valence-corrected chi connectivity index (χ3v) is 4.58. The predicted molar refractivity (Wildman–Crippen MR) is 76.5 cm³/mol. The molecule has 1 atom stereocenters. The maximum atomic E-state index is 12.6. The maximum Gasteiger partial charge on any atom is 0.168 e. The van der Waals surface area contributed by atoms with Crippen LogP contribution in [0.1, 0.15) is 49.9 Å². The van der Waals surface area contributed by atoms with Crippen LogP contribution in [0.4, 0.5) is 0 Å². The molecule has 0 spiro atoms. The molecule has 0 radical (unpaired) electrons. The third kappa shape index (κ3) is 2.73. The Bertz CT molecular complexity index is 466. The van der Waals surface area contributed by atoms with Crippen LogP contribution in [0, 0.1) is 11.3 Å². The van der Waals surface area contributed by atoms with Crippen molar-refractivity contribution in [2.75, 3.05) is 0 Å². The van der Waals surface area contributed by atoms with Crippen LogP contribution in [-0.2, 0) is 0 Å². The van der Waals surface area contributed by atoms with Gasteiger partial charge in [0, 0.05) is 16.5 Å². The van der Waals surface area contributed by atoms with E-state index >= 15 is 0 Å². The number of ketones is 1. The van der Waals surface area contributed by atoms with Gasteiger partial charge in [-0.3, -0.25) is 4.79 Å². The minimum absolute atomic E-state index is 0.0565. The summed E-state index contributed by atoms with van der Waals surface area (Å²) < 4.78 is 0. The average Bonchev–Trinajstić information content (AvgIpc) is 2.31. The van der Waals surface area contributed by atoms with E-state index in [2.05, 4.69) is 13.8 Å². The Labute approximate surface area is 118 Å². The van der Waals surface area contributed by atoms with Crippen LogP contribution in [0.15, 0.2) is 18.2 Å². The number of halogens is 2. The third-order valence-electron chi connectivity index (χ3n) is 4.02. The van der Waals surface area contributed by atoms with Gasteiger partial charge in [-0.2, -0.15) is 0 Å². The van der Waals surface area contributed by atoms with Gasteiger partial charge in [0.25, 0.3) is 0 Å². The second-order valence-corrected chi connectivity index (χ2v) is 6.62. The van der Waals surface area contributed by atoms with Crippen molar-refractivity contribution in [3.63, 3.8) is 0 Å². The number of carbonyl (C=O) groups excluding carboxylic acids is 1. The van der Waals surface area contributed by atoms with Crippen LogP contribution in [0.2, 0.25) is 10.0 Å². The second kappa shape index (κ2) is 5.22. The highest BCUT2D eigenvalue weighted by molar-refractivity contribution is 6.36. The molecule has 1 aliphatic rings. The summed E-state index contributed by atoms with van der Waals surface area (Å²) in [6, 6.07) is 5.11. The molecule has 0 aliphatic heterocycles. The first-order valence-corrected chi connectivity index (χ1v) is 7.17. The Hall–Kier alpha value is -0.530. The van der Waals surface area contributed by atoms with Gasteiger partial charge in [0.15, 0.2) is 5.78 Å². The quantitative estimate of drug-likeness (QED) is 0.665. The van der Waals surface area contributed by atoms with E-state index in [0.29, 0.717) is 15.6 Å². The van der Waals surface area contributed by atoms with Crippen molar-refractivity contribution >= 4 is 29.0 Å². The molecule has 3 heteroatoms. The summed E-state index contributed by atoms with van der Waals surface area (Å²) in [4.78, 5) is 12.6. The van der Waals surface area contributed by atoms with Crippen LogP contribution in [0.3, 0.4) is 0 Å². The Morgan fingerprint density at radius 1 is 1.28 bits per heavy atom. The minimum Gasteiger partial charge on any atom is -0.294 e. The molecule has 0 amide bonds. The monoisotopic (exact) mass is 284 g/mol. The van der Waals surface area contributed by atoms with E-state index in [1.807, 2.05) is 0 Å². The largest absolute Gasteiger partial charge is 0.294 e. The van der Waals surface area contributed by atoms with Crippen molar-refractivity contribution in [3.05, 3.63) is 33.8 Å². The van der Waals surface area contributed by atoms with E-state index in [0.717, 1.165) is 19.3 Å². The Kier molecular flexibility index (Phi) is 4.03. The molecule has 98 valence electrons. The molecule has 0 saturated heterocycles. The van der Waals surface area contributed by atoms with E-state index in [1.165, 1.54) is 6.42 Å². The Morgan fingerprint density at radius 2 is 2.00 bits per heavy atom. The lowest BCUT2D eigenvalue weighted by molar-refractivity contribution is 0.0697. The molecule has 1 aromatic rings. The zero-order valence-electron chi connectivity index (χ0n) is 10.8. The molecule has 1 saturated carbocycles. The van der Waals surface area contributed by atoms with Gasteiger partial charge in [-0.05, 0) is 36.5 Å². The van der Waals surface area contributed by atoms with Crippen molar-refractivity contribution in [3.8, 4) is 0 Å². The summed E-state index contributed by atoms with van der Waals surface area (Å²) in [7, 11) is 0. The molecule has 0 aromatic heterocycles. The standard InChI is InChI=1S/C15H18Cl2O/c1-15(2)8-4-3-5-12(15)14(18)11-9-10(16)6-7-13(11)17/h6-7,9,12H,3-5,8H2,1-2H3. The lowest BCUT2D eigenvalue weighted by atomic mass is 9.66. The van der Waals surface area contributed by atoms with Crippen molar-refractivity contribution in [1.29, 1.82) is 0 Å². The van der Waals surface area contributed by atoms with Crippen LogP contribution in [0.25, 0.3) is 0 Å². The van der Waals surface area contributed by atoms with Crippen LogP contribution in [-0.4, -0.2) is 5.78 Å². The average molecular weight is 285 g/mol. The number of benzene rings is 1. The van der Waals surface area contributed by atoms with Crippen molar-refractivity contribution in [1.82, 2.24) is 0 Å². The van der Waals surface area contributed by atoms with E-state index in [1.54, 1.807) is 18.2 Å². The fourth-order valence-electron chi connectivity index (χ4n) is 2.85. The fourth-order valence-corrected chi connectivity index (χ4v) is 3.24. The molecule has 2 rings (SSSR count). The molecule has 1 nitrogen and oxygen atoms in total. The van der Waals surface area contributed by atoms with E-state index in [4.69, 9.17) is 23.2 Å². The molecule has 18 heavy (non-hydrogen) atoms. The zero-order valence-corrected chi connectivity index (χ0v) is 12.3. The molecule has 1 aromatic carbocycles. The summed E-state index contributed by atoms with van der Waals surface area (Å²) >= 11 is 12.1. The van der Waals surface area contributed by atoms with E-state index < -0.39 is 0 Å². The van der Waals surface area contributed by atoms with Crippen molar-refractivity contribution < 1.29 is 4.79 Å². The molecule has 1 unspecified atom stereocenters. The molecule has 0 heterocycles. The van der Waals surface area contributed by atoms with Gasteiger partial charge in [0.2, 0.25) is 0 Å². The molecule has 0 N–H and O–H groups in total. The lowest BCUT2D eigenvalue weighted by Crippen LogP contribution is -2.34. The number of rotatable bonds is 2. The highest BCUT2D eigenvalue weighted by atomic mass is 35.5. The SMILES string of the molecule is CC1(C)CCCCC1C(=O)c1cc(Cl)ccc1Cl. The number of hydrogen-bond donors (Lipinski definition) is 0. The normalized spacial score (nSPS) is 22.8. The number of carbonyl (C=O) groups is 1. The van der Waals surface area contributed by atoms with Gasteiger partial charge < -0.3 is 0 Å². The molecule has 1 aliphatic carbocycles. The van der Waals surface area contributed by atoms with Crippen LogP contribution in [0.5, 0.6) is 0 Å². The van der Waals surface area contributed by atoms with Crippen LogP contribution < -0.4 is 0 Å². The Balaban J connectivity index is 2.33. The van der Waals surface area contributed by atoms with Gasteiger partial charge in [0.1, 0.15) is 0 Å². The van der Waals surface area contributed by atoms with Gasteiger partial charge in [-0.15, -0.1) is 0 Å².